The van der Waals surface area contributed by atoms with Crippen molar-refractivity contribution >= 4 is 40.0 Å². The smallest absolute Gasteiger partial charge is 0.292 e. The molecule has 0 aliphatic carbocycles. The molecule has 14 nitrogen and oxygen atoms in total. The van der Waals surface area contributed by atoms with Crippen LogP contribution >= 0.6 is 11.6 Å². The second kappa shape index (κ2) is 18.2. The van der Waals surface area contributed by atoms with Crippen molar-refractivity contribution in [3.05, 3.63) is 61.6 Å². The Hall–Kier alpha value is -3.27. The summed E-state index contributed by atoms with van der Waals surface area (Å²) in [6.07, 6.45) is 0. The fraction of sp³-hybridized carbons (Fsp3) is 0.538. The second-order valence-corrected chi connectivity index (χ2v) is 9.80. The van der Waals surface area contributed by atoms with Gasteiger partial charge in [0, 0.05) is 103 Å². The van der Waals surface area contributed by atoms with E-state index in [1.165, 1.54) is 37.4 Å². The maximum atomic E-state index is 10.7. The van der Waals surface area contributed by atoms with E-state index in [4.69, 9.17) is 32.5 Å². The van der Waals surface area contributed by atoms with E-state index in [0.29, 0.717) is 5.02 Å². The van der Waals surface area contributed by atoms with Gasteiger partial charge in [0.05, 0.1) is 23.1 Å². The summed E-state index contributed by atoms with van der Waals surface area (Å²) in [7, 11) is 3.46. The predicted molar refractivity (Wildman–Crippen MR) is 162 cm³/mol. The third-order valence-electron chi connectivity index (χ3n) is 6.56. The van der Waals surface area contributed by atoms with E-state index in [1.807, 2.05) is 0 Å². The average Bonchev–Trinajstić information content (AvgIpc) is 2.96. The number of piperazine rings is 2. The van der Waals surface area contributed by atoms with Crippen LogP contribution in [0.15, 0.2) is 36.4 Å². The molecule has 41 heavy (non-hydrogen) atoms. The molecule has 15 heteroatoms. The highest BCUT2D eigenvalue weighted by molar-refractivity contribution is 6.30. The molecule has 4 rings (SSSR count). The van der Waals surface area contributed by atoms with Gasteiger partial charge in [0.2, 0.25) is 0 Å². The standard InChI is InChI=1S/C13H20N4O3.C7H16N2O.C6H5ClN2O2/c1-20-9-8-15-4-6-16(7-5-15)11-2-3-13(17(18)19)12(14)10-11;1-10-7-6-9-4-2-8-3-5-9;7-4-1-2-6(9(10)11)5(8)3-4/h2-3,10H,4-9,14H2,1H3;8H,2-7H2,1H3;1-3H,8H2. The first kappa shape index (κ1) is 33.9. The Morgan fingerprint density at radius 1 is 0.805 bits per heavy atom. The van der Waals surface area contributed by atoms with Gasteiger partial charge in [0.25, 0.3) is 11.4 Å². The average molecular weight is 597 g/mol. The largest absolute Gasteiger partial charge is 0.393 e. The number of hydrogen-bond acceptors (Lipinski definition) is 12. The maximum Gasteiger partial charge on any atom is 0.292 e. The Bertz CT molecular complexity index is 1100. The molecule has 2 fully saturated rings. The van der Waals surface area contributed by atoms with Gasteiger partial charge in [-0.25, -0.2) is 0 Å². The molecule has 0 aromatic heterocycles. The third kappa shape index (κ3) is 12.0. The molecule has 0 radical (unpaired) electrons. The number of nitrogens with two attached hydrogens (primary N) is 2. The number of halogens is 1. The topological polar surface area (TPSA) is 179 Å². The molecule has 0 spiro atoms. The first-order chi connectivity index (χ1) is 19.7. The predicted octanol–water partition coefficient (Wildman–Crippen LogP) is 2.31. The van der Waals surface area contributed by atoms with Crippen LogP contribution in [0.2, 0.25) is 5.02 Å². The van der Waals surface area contributed by atoms with Crippen molar-refractivity contribution in [2.24, 2.45) is 0 Å². The zero-order chi connectivity index (χ0) is 30.2. The SMILES string of the molecule is COCCN1CCN(c2ccc([N+](=O)[O-])c(N)c2)CC1.COCCN1CCNCC1.Nc1cc(Cl)ccc1[N+](=O)[O-]. The molecule has 0 bridgehead atoms. The maximum absolute atomic E-state index is 10.7. The van der Waals surface area contributed by atoms with Gasteiger partial charge >= 0.3 is 0 Å². The molecule has 2 aromatic rings. The molecule has 0 atom stereocenters. The lowest BCUT2D eigenvalue weighted by Crippen LogP contribution is -2.47. The van der Waals surface area contributed by atoms with E-state index >= 15 is 0 Å². The zero-order valence-corrected chi connectivity index (χ0v) is 24.4. The van der Waals surface area contributed by atoms with Crippen LogP contribution in [0.5, 0.6) is 0 Å². The molecule has 2 heterocycles. The third-order valence-corrected chi connectivity index (χ3v) is 6.80. The fourth-order valence-electron chi connectivity index (χ4n) is 4.20. The number of anilines is 3. The van der Waals surface area contributed by atoms with Gasteiger partial charge in [-0.1, -0.05) is 11.6 Å². The molecule has 228 valence electrons. The van der Waals surface area contributed by atoms with Gasteiger partial charge < -0.3 is 31.2 Å². The normalized spacial score (nSPS) is 15.7. The minimum absolute atomic E-state index is 0.0347. The van der Waals surface area contributed by atoms with Crippen molar-refractivity contribution in [3.63, 3.8) is 0 Å². The Balaban J connectivity index is 0.000000236. The molecular formula is C26H41ClN8O6. The van der Waals surface area contributed by atoms with Crippen LogP contribution in [0.4, 0.5) is 28.4 Å². The number of nitro benzene ring substituents is 2. The van der Waals surface area contributed by atoms with Crippen molar-refractivity contribution in [2.45, 2.75) is 0 Å². The monoisotopic (exact) mass is 596 g/mol. The zero-order valence-electron chi connectivity index (χ0n) is 23.7. The minimum Gasteiger partial charge on any atom is -0.393 e. The molecule has 2 aliphatic heterocycles. The van der Waals surface area contributed by atoms with Crippen LogP contribution in [-0.4, -0.2) is 113 Å². The summed E-state index contributed by atoms with van der Waals surface area (Å²) in [5.74, 6) is 0. The first-order valence-electron chi connectivity index (χ1n) is 13.3. The summed E-state index contributed by atoms with van der Waals surface area (Å²) in [4.78, 5) is 26.9. The van der Waals surface area contributed by atoms with Crippen LogP contribution < -0.4 is 21.7 Å². The number of methoxy groups -OCH3 is 2. The van der Waals surface area contributed by atoms with Gasteiger partial charge in [0.15, 0.2) is 0 Å². The van der Waals surface area contributed by atoms with Crippen molar-refractivity contribution in [2.75, 3.05) is 109 Å². The van der Waals surface area contributed by atoms with Crippen molar-refractivity contribution in [1.29, 1.82) is 0 Å². The van der Waals surface area contributed by atoms with Crippen LogP contribution in [0, 0.1) is 20.2 Å². The van der Waals surface area contributed by atoms with E-state index in [1.54, 1.807) is 26.4 Å². The molecule has 5 N–H and O–H groups in total. The number of nitro groups is 2. The first-order valence-corrected chi connectivity index (χ1v) is 13.7. The number of benzene rings is 2. The summed E-state index contributed by atoms with van der Waals surface area (Å²) in [6.45, 7) is 11.9. The summed E-state index contributed by atoms with van der Waals surface area (Å²) < 4.78 is 10.1. The molecule has 0 amide bonds. The van der Waals surface area contributed by atoms with E-state index < -0.39 is 9.85 Å². The van der Waals surface area contributed by atoms with Crippen LogP contribution in [0.25, 0.3) is 0 Å². The van der Waals surface area contributed by atoms with E-state index in [0.717, 1.165) is 71.3 Å². The Labute approximate surface area is 245 Å². The highest BCUT2D eigenvalue weighted by Gasteiger charge is 2.19. The highest BCUT2D eigenvalue weighted by Crippen LogP contribution is 2.27. The summed E-state index contributed by atoms with van der Waals surface area (Å²) >= 11 is 5.52. The molecule has 0 unspecified atom stereocenters. The number of nitrogens with one attached hydrogen (secondary N) is 1. The van der Waals surface area contributed by atoms with E-state index in [9.17, 15) is 20.2 Å². The van der Waals surface area contributed by atoms with Gasteiger partial charge in [-0.05, 0) is 24.3 Å². The lowest BCUT2D eigenvalue weighted by Gasteiger charge is -2.36. The van der Waals surface area contributed by atoms with Gasteiger partial charge in [0.1, 0.15) is 11.4 Å². The number of nitrogen functional groups attached to an aromatic ring is 2. The quantitative estimate of drug-likeness (QED) is 0.219. The number of ether oxygens (including phenoxy) is 2. The highest BCUT2D eigenvalue weighted by atomic mass is 35.5. The van der Waals surface area contributed by atoms with Gasteiger partial charge in [-0.2, -0.15) is 0 Å². The van der Waals surface area contributed by atoms with Crippen molar-refractivity contribution in [3.8, 4) is 0 Å². The van der Waals surface area contributed by atoms with E-state index in [-0.39, 0.29) is 22.7 Å². The molecule has 2 saturated heterocycles. The number of hydrogen-bond donors (Lipinski definition) is 3. The summed E-state index contributed by atoms with van der Waals surface area (Å²) in [5.41, 5.74) is 12.1. The van der Waals surface area contributed by atoms with Crippen LogP contribution in [0.1, 0.15) is 0 Å². The lowest BCUT2D eigenvalue weighted by atomic mass is 10.2. The molecular weight excluding hydrogens is 556 g/mol. The van der Waals surface area contributed by atoms with Crippen LogP contribution in [0.3, 0.4) is 0 Å². The number of rotatable bonds is 9. The van der Waals surface area contributed by atoms with E-state index in [2.05, 4.69) is 20.0 Å². The van der Waals surface area contributed by atoms with Crippen molar-refractivity contribution < 1.29 is 19.3 Å². The lowest BCUT2D eigenvalue weighted by molar-refractivity contribution is -0.384. The molecule has 2 aliphatic rings. The molecule has 0 saturated carbocycles. The second-order valence-electron chi connectivity index (χ2n) is 9.37. The minimum atomic E-state index is -0.550. The van der Waals surface area contributed by atoms with Gasteiger partial charge in [-0.3, -0.25) is 30.0 Å². The Morgan fingerprint density at radius 2 is 1.29 bits per heavy atom. The Morgan fingerprint density at radius 3 is 1.76 bits per heavy atom. The van der Waals surface area contributed by atoms with Crippen LogP contribution in [-0.2, 0) is 9.47 Å². The number of nitrogens with zero attached hydrogens (tertiary/aromatic N) is 5. The van der Waals surface area contributed by atoms with Gasteiger partial charge in [-0.15, -0.1) is 0 Å². The summed E-state index contributed by atoms with van der Waals surface area (Å²) in [5, 5.41) is 24.7. The molecule has 2 aromatic carbocycles. The fourth-order valence-corrected chi connectivity index (χ4v) is 4.38. The Kier molecular flexibility index (Phi) is 15.1. The summed E-state index contributed by atoms with van der Waals surface area (Å²) in [6, 6.07) is 8.97. The van der Waals surface area contributed by atoms with Crippen molar-refractivity contribution in [1.82, 2.24) is 15.1 Å².